The van der Waals surface area contributed by atoms with Gasteiger partial charge in [0, 0.05) is 13.0 Å². The Bertz CT molecular complexity index is 1270. The highest BCUT2D eigenvalue weighted by Gasteiger charge is 2.33. The number of amides is 4. The number of aromatic hydroxyl groups is 1. The molecule has 0 aliphatic heterocycles. The standard InChI is InChI=1S/C30H48N8O9/c1-15(2)23(37-25(42)19(31)14-17-7-9-18(39)10-8-17)28(45)36-21(11-12-22(40)41)26(43)35-20(6-5-13-34-30(32)33)27(44)38-24(16(3)4)29(46)47/h7-10,15-16,19-21,23-24,39H,5-6,11-14,31H2,1-4H3,(H,35,43)(H,36,45)(H,37,42)(H,38,44)(H,40,41)(H,46,47)(H4,32,33,34)/t19-,20-,21-,23-,24-/m0/s1. The van der Waals surface area contributed by atoms with E-state index in [1.165, 1.54) is 12.1 Å². The number of aliphatic imine (C=N–C) groups is 1. The van der Waals surface area contributed by atoms with Crippen LogP contribution in [-0.2, 0) is 35.2 Å². The quantitative estimate of drug-likeness (QED) is 0.0433. The van der Waals surface area contributed by atoms with Crippen LogP contribution in [0.15, 0.2) is 29.3 Å². The van der Waals surface area contributed by atoms with E-state index in [-0.39, 0.29) is 43.9 Å². The molecule has 0 saturated carbocycles. The molecule has 0 spiro atoms. The third-order valence-electron chi connectivity index (χ3n) is 7.06. The molecule has 47 heavy (non-hydrogen) atoms. The van der Waals surface area contributed by atoms with Gasteiger partial charge in [-0.3, -0.25) is 29.0 Å². The molecule has 0 aliphatic rings. The maximum absolute atomic E-state index is 13.4. The number of carbonyl (C=O) groups excluding carboxylic acids is 4. The summed E-state index contributed by atoms with van der Waals surface area (Å²) in [5, 5.41) is 38.2. The number of aliphatic carboxylic acids is 2. The smallest absolute Gasteiger partial charge is 0.326 e. The predicted octanol–water partition coefficient (Wildman–Crippen LogP) is -1.48. The molecule has 1 aromatic rings. The zero-order valence-corrected chi connectivity index (χ0v) is 27.1. The molecule has 0 fully saturated rings. The number of hydrogen-bond donors (Lipinski definition) is 10. The van der Waals surface area contributed by atoms with Gasteiger partial charge in [0.1, 0.15) is 29.9 Å². The number of carboxylic acid groups (broad SMARTS) is 2. The molecule has 0 saturated heterocycles. The maximum Gasteiger partial charge on any atom is 0.326 e. The Morgan fingerprint density at radius 1 is 0.745 bits per heavy atom. The highest BCUT2D eigenvalue weighted by Crippen LogP contribution is 2.12. The average Bonchev–Trinajstić information content (AvgIpc) is 2.97. The Balaban J connectivity index is 3.16. The Kier molecular flexibility index (Phi) is 16.7. The monoisotopic (exact) mass is 664 g/mol. The number of phenols is 1. The van der Waals surface area contributed by atoms with Crippen LogP contribution in [0.4, 0.5) is 0 Å². The van der Waals surface area contributed by atoms with Crippen LogP contribution in [0, 0.1) is 11.8 Å². The summed E-state index contributed by atoms with van der Waals surface area (Å²) in [6.07, 6.45) is -0.605. The minimum atomic E-state index is -1.45. The van der Waals surface area contributed by atoms with E-state index in [1.54, 1.807) is 39.8 Å². The maximum atomic E-state index is 13.4. The molecular weight excluding hydrogens is 616 g/mol. The van der Waals surface area contributed by atoms with Crippen molar-refractivity contribution in [2.75, 3.05) is 6.54 Å². The number of nitrogens with one attached hydrogen (secondary N) is 4. The number of carbonyl (C=O) groups is 6. The van der Waals surface area contributed by atoms with E-state index in [0.717, 1.165) is 0 Å². The summed E-state index contributed by atoms with van der Waals surface area (Å²) in [6.45, 7) is 6.57. The summed E-state index contributed by atoms with van der Waals surface area (Å²) in [5.74, 6) is -6.83. The number of nitrogens with zero attached hydrogens (tertiary/aromatic N) is 1. The van der Waals surface area contributed by atoms with E-state index in [1.807, 2.05) is 0 Å². The first-order chi connectivity index (χ1) is 21.9. The normalized spacial score (nSPS) is 14.2. The molecule has 0 radical (unpaired) electrons. The molecule has 17 heteroatoms. The Hall–Kier alpha value is -4.93. The van der Waals surface area contributed by atoms with Crippen molar-refractivity contribution in [3.63, 3.8) is 0 Å². The Morgan fingerprint density at radius 2 is 1.26 bits per heavy atom. The van der Waals surface area contributed by atoms with Gasteiger partial charge < -0.3 is 53.8 Å². The van der Waals surface area contributed by atoms with Crippen molar-refractivity contribution in [1.82, 2.24) is 21.3 Å². The van der Waals surface area contributed by atoms with Crippen LogP contribution in [0.1, 0.15) is 58.9 Å². The minimum absolute atomic E-state index is 0.0258. The lowest BCUT2D eigenvalue weighted by atomic mass is 10.00. The SMILES string of the molecule is CC(C)[C@H](NC(=O)[C@H](CCCN=C(N)N)NC(=O)[C@H](CCC(=O)O)NC(=O)[C@@H](NC(=O)[C@@H](N)Cc1ccc(O)cc1)C(C)C)C(=O)O. The number of guanidine groups is 1. The van der Waals surface area contributed by atoms with Crippen LogP contribution in [0.5, 0.6) is 5.75 Å². The molecule has 0 heterocycles. The van der Waals surface area contributed by atoms with Crippen molar-refractivity contribution in [3.05, 3.63) is 29.8 Å². The van der Waals surface area contributed by atoms with E-state index >= 15 is 0 Å². The van der Waals surface area contributed by atoms with Gasteiger partial charge in [0.05, 0.1) is 6.04 Å². The van der Waals surface area contributed by atoms with Crippen molar-refractivity contribution < 1.29 is 44.1 Å². The third kappa shape index (κ3) is 14.8. The molecule has 0 aliphatic carbocycles. The van der Waals surface area contributed by atoms with Crippen LogP contribution in [0.25, 0.3) is 0 Å². The van der Waals surface area contributed by atoms with Crippen LogP contribution < -0.4 is 38.5 Å². The summed E-state index contributed by atoms with van der Waals surface area (Å²) < 4.78 is 0. The molecule has 17 nitrogen and oxygen atoms in total. The number of hydrogen-bond acceptors (Lipinski definition) is 9. The summed E-state index contributed by atoms with van der Waals surface area (Å²) >= 11 is 0. The van der Waals surface area contributed by atoms with Gasteiger partial charge in [0.15, 0.2) is 5.96 Å². The lowest BCUT2D eigenvalue weighted by Crippen LogP contribution is -2.59. The van der Waals surface area contributed by atoms with Gasteiger partial charge in [-0.1, -0.05) is 39.8 Å². The molecule has 262 valence electrons. The van der Waals surface area contributed by atoms with Gasteiger partial charge in [0.2, 0.25) is 23.6 Å². The van der Waals surface area contributed by atoms with Crippen molar-refractivity contribution in [1.29, 1.82) is 0 Å². The van der Waals surface area contributed by atoms with Crippen LogP contribution in [-0.4, -0.2) is 93.6 Å². The molecule has 5 atom stereocenters. The third-order valence-corrected chi connectivity index (χ3v) is 7.06. The van der Waals surface area contributed by atoms with Gasteiger partial charge in [-0.2, -0.15) is 0 Å². The van der Waals surface area contributed by atoms with E-state index in [4.69, 9.17) is 17.2 Å². The van der Waals surface area contributed by atoms with Crippen LogP contribution in [0.3, 0.4) is 0 Å². The molecule has 1 rings (SSSR count). The van der Waals surface area contributed by atoms with E-state index < -0.39 is 84.0 Å². The van der Waals surface area contributed by atoms with Gasteiger partial charge in [-0.25, -0.2) is 4.79 Å². The van der Waals surface area contributed by atoms with Gasteiger partial charge >= 0.3 is 11.9 Å². The van der Waals surface area contributed by atoms with Crippen LogP contribution in [0.2, 0.25) is 0 Å². The summed E-state index contributed by atoms with van der Waals surface area (Å²) in [5.41, 5.74) is 17.4. The van der Waals surface area contributed by atoms with Gasteiger partial charge in [-0.15, -0.1) is 0 Å². The first kappa shape index (κ1) is 40.1. The first-order valence-corrected chi connectivity index (χ1v) is 15.2. The second-order valence-corrected chi connectivity index (χ2v) is 11.8. The number of carboxylic acids is 2. The second-order valence-electron chi connectivity index (χ2n) is 11.8. The number of rotatable bonds is 20. The summed E-state index contributed by atoms with van der Waals surface area (Å²) in [7, 11) is 0. The topological polar surface area (TPSA) is 302 Å². The number of nitrogens with two attached hydrogens (primary N) is 3. The molecular formula is C30H48N8O9. The predicted molar refractivity (Wildman–Crippen MR) is 172 cm³/mol. The van der Waals surface area contributed by atoms with E-state index in [2.05, 4.69) is 26.3 Å². The van der Waals surface area contributed by atoms with Crippen molar-refractivity contribution in [2.24, 2.45) is 34.0 Å². The summed E-state index contributed by atoms with van der Waals surface area (Å²) in [4.78, 5) is 79.8. The fourth-order valence-corrected chi connectivity index (χ4v) is 4.38. The highest BCUT2D eigenvalue weighted by molar-refractivity contribution is 5.95. The lowest BCUT2D eigenvalue weighted by Gasteiger charge is -2.28. The Morgan fingerprint density at radius 3 is 1.77 bits per heavy atom. The van der Waals surface area contributed by atoms with E-state index in [9.17, 15) is 44.1 Å². The molecule has 13 N–H and O–H groups in total. The molecule has 0 bridgehead atoms. The first-order valence-electron chi connectivity index (χ1n) is 15.2. The molecule has 1 aromatic carbocycles. The van der Waals surface area contributed by atoms with Gasteiger partial charge in [0.25, 0.3) is 0 Å². The number of benzene rings is 1. The zero-order valence-electron chi connectivity index (χ0n) is 27.1. The summed E-state index contributed by atoms with van der Waals surface area (Å²) in [6, 6.07) is -0.152. The van der Waals surface area contributed by atoms with Crippen molar-refractivity contribution in [3.8, 4) is 5.75 Å². The lowest BCUT2D eigenvalue weighted by molar-refractivity contribution is -0.143. The molecule has 0 aromatic heterocycles. The largest absolute Gasteiger partial charge is 0.508 e. The zero-order chi connectivity index (χ0) is 35.8. The van der Waals surface area contributed by atoms with Crippen molar-refractivity contribution >= 4 is 41.5 Å². The number of phenolic OH excluding ortho intramolecular Hbond substituents is 1. The Labute approximate surface area is 273 Å². The fraction of sp³-hybridized carbons (Fsp3) is 0.567. The average molecular weight is 665 g/mol. The van der Waals surface area contributed by atoms with E-state index in [0.29, 0.717) is 5.56 Å². The van der Waals surface area contributed by atoms with Crippen molar-refractivity contribution in [2.45, 2.75) is 90.0 Å². The molecule has 0 unspecified atom stereocenters. The second kappa shape index (κ2) is 19.6. The highest BCUT2D eigenvalue weighted by atomic mass is 16.4. The van der Waals surface area contributed by atoms with Gasteiger partial charge in [-0.05, 0) is 55.2 Å². The van der Waals surface area contributed by atoms with Crippen LogP contribution >= 0.6 is 0 Å². The fourth-order valence-electron chi connectivity index (χ4n) is 4.38. The molecule has 4 amide bonds. The minimum Gasteiger partial charge on any atom is -0.508 e.